The predicted octanol–water partition coefficient (Wildman–Crippen LogP) is 5.90. The zero-order valence-corrected chi connectivity index (χ0v) is 13.6. The molecule has 7 heteroatoms. The van der Waals surface area contributed by atoms with E-state index in [2.05, 4.69) is 5.32 Å². The Balaban J connectivity index is 1.98. The minimum atomic E-state index is -4.67. The second-order valence-corrected chi connectivity index (χ2v) is 5.70. The number of alkyl halides is 3. The molecule has 0 aromatic heterocycles. The van der Waals surface area contributed by atoms with Gasteiger partial charge in [-0.05, 0) is 41.5 Å². The number of halogens is 5. The number of carbonyl (C=O) groups excluding carboxylic acids is 1. The maximum Gasteiger partial charge on any atom is 0.417 e. The van der Waals surface area contributed by atoms with E-state index in [4.69, 9.17) is 0 Å². The van der Waals surface area contributed by atoms with Gasteiger partial charge in [-0.3, -0.25) is 4.79 Å². The smallest absolute Gasteiger partial charge is 0.322 e. The van der Waals surface area contributed by atoms with Gasteiger partial charge in [-0.2, -0.15) is 13.2 Å². The molecule has 27 heavy (non-hydrogen) atoms. The molecule has 1 amide bonds. The van der Waals surface area contributed by atoms with Crippen molar-refractivity contribution in [3.63, 3.8) is 0 Å². The molecule has 0 aliphatic rings. The van der Waals surface area contributed by atoms with Gasteiger partial charge in [0, 0.05) is 5.69 Å². The summed E-state index contributed by atoms with van der Waals surface area (Å²) in [6.45, 7) is 0. The molecule has 3 aromatic rings. The van der Waals surface area contributed by atoms with Gasteiger partial charge in [0.15, 0.2) is 0 Å². The second-order valence-electron chi connectivity index (χ2n) is 5.70. The van der Waals surface area contributed by atoms with Crippen LogP contribution in [0.2, 0.25) is 0 Å². The van der Waals surface area contributed by atoms with Gasteiger partial charge in [-0.1, -0.05) is 36.4 Å². The van der Waals surface area contributed by atoms with Crippen LogP contribution in [-0.4, -0.2) is 5.91 Å². The number of nitrogens with one attached hydrogen (secondary N) is 1. The lowest BCUT2D eigenvalue weighted by Gasteiger charge is -2.15. The summed E-state index contributed by atoms with van der Waals surface area (Å²) in [6, 6.07) is 13.5. The lowest BCUT2D eigenvalue weighted by Crippen LogP contribution is -2.15. The van der Waals surface area contributed by atoms with Crippen LogP contribution < -0.4 is 5.32 Å². The molecule has 2 nitrogen and oxygen atoms in total. The van der Waals surface area contributed by atoms with Crippen molar-refractivity contribution in [1.29, 1.82) is 0 Å². The normalized spacial score (nSPS) is 11.3. The molecule has 0 atom stereocenters. The summed E-state index contributed by atoms with van der Waals surface area (Å²) in [5.74, 6) is -2.87. The third kappa shape index (κ3) is 4.13. The first-order chi connectivity index (χ1) is 12.8. The Morgan fingerprint density at radius 1 is 0.852 bits per heavy atom. The van der Waals surface area contributed by atoms with Gasteiger partial charge in [-0.15, -0.1) is 0 Å². The third-order valence-electron chi connectivity index (χ3n) is 3.84. The Kier molecular flexibility index (Phi) is 4.94. The van der Waals surface area contributed by atoms with Crippen molar-refractivity contribution in [2.45, 2.75) is 6.18 Å². The van der Waals surface area contributed by atoms with E-state index in [9.17, 15) is 26.7 Å². The Morgan fingerprint density at radius 2 is 1.56 bits per heavy atom. The lowest BCUT2D eigenvalue weighted by molar-refractivity contribution is -0.137. The van der Waals surface area contributed by atoms with Gasteiger partial charge >= 0.3 is 6.18 Å². The number of hydrogen-bond donors (Lipinski definition) is 1. The van der Waals surface area contributed by atoms with Crippen LogP contribution in [0, 0.1) is 11.6 Å². The van der Waals surface area contributed by atoms with Crippen LogP contribution in [-0.2, 0) is 6.18 Å². The monoisotopic (exact) mass is 377 g/mol. The molecule has 138 valence electrons. The van der Waals surface area contributed by atoms with E-state index in [0.29, 0.717) is 11.6 Å². The molecule has 0 heterocycles. The molecule has 3 rings (SSSR count). The van der Waals surface area contributed by atoms with Crippen LogP contribution in [0.5, 0.6) is 0 Å². The van der Waals surface area contributed by atoms with Crippen molar-refractivity contribution in [2.24, 2.45) is 0 Å². The minimum Gasteiger partial charge on any atom is -0.322 e. The van der Waals surface area contributed by atoms with Crippen molar-refractivity contribution in [2.75, 3.05) is 5.32 Å². The van der Waals surface area contributed by atoms with Crippen molar-refractivity contribution < 1.29 is 26.7 Å². The van der Waals surface area contributed by atoms with Crippen molar-refractivity contribution in [1.82, 2.24) is 0 Å². The van der Waals surface area contributed by atoms with Crippen LogP contribution in [0.3, 0.4) is 0 Å². The standard InChI is InChI=1S/C20H12F5NO/c21-13-6-9-18(22)16(10-13)19(27)26-14-7-8-15(12-4-2-1-3-5-12)17(11-14)20(23,24)25/h1-11H,(H,26,27). The molecule has 0 aliphatic carbocycles. The Hall–Kier alpha value is -3.22. The highest BCUT2D eigenvalue weighted by atomic mass is 19.4. The quantitative estimate of drug-likeness (QED) is 0.566. The first kappa shape index (κ1) is 18.6. The van der Waals surface area contributed by atoms with Crippen molar-refractivity contribution in [3.8, 4) is 11.1 Å². The molecule has 1 N–H and O–H groups in total. The zero-order valence-electron chi connectivity index (χ0n) is 13.6. The largest absolute Gasteiger partial charge is 0.417 e. The van der Waals surface area contributed by atoms with E-state index in [1.807, 2.05) is 0 Å². The summed E-state index contributed by atoms with van der Waals surface area (Å²) >= 11 is 0. The van der Waals surface area contributed by atoms with E-state index in [1.165, 1.54) is 24.3 Å². The molecule has 0 spiro atoms. The Morgan fingerprint density at radius 3 is 2.22 bits per heavy atom. The highest BCUT2D eigenvalue weighted by Gasteiger charge is 2.34. The number of hydrogen-bond acceptors (Lipinski definition) is 1. The molecule has 0 aliphatic heterocycles. The lowest BCUT2D eigenvalue weighted by atomic mass is 9.98. The van der Waals surface area contributed by atoms with Gasteiger partial charge in [0.2, 0.25) is 0 Å². The first-order valence-electron chi connectivity index (χ1n) is 7.79. The van der Waals surface area contributed by atoms with Crippen LogP contribution in [0.1, 0.15) is 15.9 Å². The number of benzene rings is 3. The summed E-state index contributed by atoms with van der Waals surface area (Å²) in [6.07, 6.45) is -4.67. The highest BCUT2D eigenvalue weighted by molar-refractivity contribution is 6.04. The van der Waals surface area contributed by atoms with Crippen molar-refractivity contribution in [3.05, 3.63) is 89.5 Å². The molecule has 0 bridgehead atoms. The Labute approximate surface area is 151 Å². The van der Waals surface area contributed by atoms with Gasteiger partial charge in [0.05, 0.1) is 11.1 Å². The zero-order chi connectivity index (χ0) is 19.6. The summed E-state index contributed by atoms with van der Waals surface area (Å²) in [7, 11) is 0. The maximum absolute atomic E-state index is 13.7. The Bertz CT molecular complexity index is 983. The van der Waals surface area contributed by atoms with Gasteiger partial charge in [0.1, 0.15) is 11.6 Å². The second kappa shape index (κ2) is 7.19. The van der Waals surface area contributed by atoms with E-state index >= 15 is 0 Å². The predicted molar refractivity (Wildman–Crippen MR) is 91.2 cm³/mol. The number of anilines is 1. The summed E-state index contributed by atoms with van der Waals surface area (Å²) < 4.78 is 67.3. The fraction of sp³-hybridized carbons (Fsp3) is 0.0500. The summed E-state index contributed by atoms with van der Waals surface area (Å²) in [5.41, 5.74) is -1.44. The molecule has 0 unspecified atom stereocenters. The SMILES string of the molecule is O=C(Nc1ccc(-c2ccccc2)c(C(F)(F)F)c1)c1cc(F)ccc1F. The minimum absolute atomic E-state index is 0.0574. The molecule has 0 radical (unpaired) electrons. The van der Waals surface area contributed by atoms with E-state index in [-0.39, 0.29) is 11.3 Å². The topological polar surface area (TPSA) is 29.1 Å². The van der Waals surface area contributed by atoms with Gasteiger partial charge in [0.25, 0.3) is 5.91 Å². The maximum atomic E-state index is 13.7. The molecular formula is C20H12F5NO. The summed E-state index contributed by atoms with van der Waals surface area (Å²) in [4.78, 5) is 12.1. The van der Waals surface area contributed by atoms with Crippen LogP contribution in [0.4, 0.5) is 27.6 Å². The van der Waals surface area contributed by atoms with E-state index in [0.717, 1.165) is 18.2 Å². The third-order valence-corrected chi connectivity index (χ3v) is 3.84. The van der Waals surface area contributed by atoms with Crippen LogP contribution in [0.15, 0.2) is 66.7 Å². The van der Waals surface area contributed by atoms with E-state index in [1.54, 1.807) is 18.2 Å². The number of carbonyl (C=O) groups is 1. The van der Waals surface area contributed by atoms with Crippen LogP contribution in [0.25, 0.3) is 11.1 Å². The first-order valence-corrected chi connectivity index (χ1v) is 7.79. The molecule has 0 saturated heterocycles. The molecule has 0 saturated carbocycles. The summed E-state index contributed by atoms with van der Waals surface area (Å²) in [5, 5.41) is 2.17. The molecule has 0 fully saturated rings. The number of rotatable bonds is 3. The average Bonchev–Trinajstić information content (AvgIpc) is 2.63. The van der Waals surface area contributed by atoms with E-state index < -0.39 is 34.8 Å². The number of amides is 1. The van der Waals surface area contributed by atoms with Crippen LogP contribution >= 0.6 is 0 Å². The van der Waals surface area contributed by atoms with Gasteiger partial charge in [-0.25, -0.2) is 8.78 Å². The van der Waals surface area contributed by atoms with Crippen molar-refractivity contribution >= 4 is 11.6 Å². The highest BCUT2D eigenvalue weighted by Crippen LogP contribution is 2.38. The molecule has 3 aromatic carbocycles. The van der Waals surface area contributed by atoms with Gasteiger partial charge < -0.3 is 5.32 Å². The molecular weight excluding hydrogens is 365 g/mol. The fourth-order valence-corrected chi connectivity index (χ4v) is 2.60. The average molecular weight is 377 g/mol. The fourth-order valence-electron chi connectivity index (χ4n) is 2.60.